The molecule has 1 nitrogen and oxygen atoms in total. The SMILES string of the molecule is CCC1CCC(N(C)CC(CC)(CC)CS)CC1. The summed E-state index contributed by atoms with van der Waals surface area (Å²) in [5.41, 5.74) is 0.430. The summed E-state index contributed by atoms with van der Waals surface area (Å²) in [6.07, 6.45) is 9.58. The molecule has 1 fully saturated rings. The quantitative estimate of drug-likeness (QED) is 0.661. The maximum absolute atomic E-state index is 4.60. The summed E-state index contributed by atoms with van der Waals surface area (Å²) >= 11 is 4.60. The molecule has 0 spiro atoms. The van der Waals surface area contributed by atoms with Crippen LogP contribution in [0.2, 0.25) is 0 Å². The molecule has 1 rings (SSSR count). The van der Waals surface area contributed by atoms with Crippen molar-refractivity contribution in [3.05, 3.63) is 0 Å². The van der Waals surface area contributed by atoms with Gasteiger partial charge in [-0.3, -0.25) is 0 Å². The van der Waals surface area contributed by atoms with Crippen LogP contribution in [0.15, 0.2) is 0 Å². The summed E-state index contributed by atoms with van der Waals surface area (Å²) in [4.78, 5) is 2.63. The van der Waals surface area contributed by atoms with Crippen LogP contribution in [0.25, 0.3) is 0 Å². The van der Waals surface area contributed by atoms with Crippen LogP contribution in [0.3, 0.4) is 0 Å². The zero-order valence-electron chi connectivity index (χ0n) is 12.9. The number of rotatable bonds is 7. The van der Waals surface area contributed by atoms with E-state index >= 15 is 0 Å². The first-order valence-electron chi connectivity index (χ1n) is 7.91. The minimum absolute atomic E-state index is 0.430. The lowest BCUT2D eigenvalue weighted by atomic mass is 9.81. The lowest BCUT2D eigenvalue weighted by Gasteiger charge is -2.40. The monoisotopic (exact) mass is 271 g/mol. The topological polar surface area (TPSA) is 3.24 Å². The van der Waals surface area contributed by atoms with Crippen LogP contribution in [-0.4, -0.2) is 30.3 Å². The van der Waals surface area contributed by atoms with Crippen molar-refractivity contribution in [2.24, 2.45) is 11.3 Å². The smallest absolute Gasteiger partial charge is 0.00926 e. The Bertz CT molecular complexity index is 209. The third-order valence-electron chi connectivity index (χ3n) is 5.44. The van der Waals surface area contributed by atoms with Crippen LogP contribution in [0.5, 0.6) is 0 Å². The summed E-state index contributed by atoms with van der Waals surface area (Å²) in [5.74, 6) is 2.02. The van der Waals surface area contributed by atoms with Crippen molar-refractivity contribution in [1.29, 1.82) is 0 Å². The van der Waals surface area contributed by atoms with Gasteiger partial charge >= 0.3 is 0 Å². The van der Waals surface area contributed by atoms with Gasteiger partial charge in [0, 0.05) is 12.6 Å². The van der Waals surface area contributed by atoms with Gasteiger partial charge in [0.1, 0.15) is 0 Å². The Morgan fingerprint density at radius 3 is 2.00 bits per heavy atom. The second kappa shape index (κ2) is 7.79. The average molecular weight is 272 g/mol. The molecule has 1 aliphatic rings. The molecule has 0 bridgehead atoms. The van der Waals surface area contributed by atoms with Crippen LogP contribution < -0.4 is 0 Å². The van der Waals surface area contributed by atoms with E-state index in [0.717, 1.165) is 17.7 Å². The molecule has 108 valence electrons. The Labute approximate surface area is 120 Å². The molecule has 0 aromatic carbocycles. The molecule has 0 amide bonds. The van der Waals surface area contributed by atoms with Crippen molar-refractivity contribution in [2.75, 3.05) is 19.3 Å². The molecule has 1 saturated carbocycles. The van der Waals surface area contributed by atoms with Gasteiger partial charge in [-0.2, -0.15) is 12.6 Å². The molecular weight excluding hydrogens is 238 g/mol. The summed E-state index contributed by atoms with van der Waals surface area (Å²) in [6.45, 7) is 8.21. The molecule has 0 aliphatic heterocycles. The highest BCUT2D eigenvalue weighted by Crippen LogP contribution is 2.33. The molecule has 0 aromatic heterocycles. The van der Waals surface area contributed by atoms with Crippen LogP contribution in [0.1, 0.15) is 65.7 Å². The van der Waals surface area contributed by atoms with Crippen LogP contribution in [0, 0.1) is 11.3 Å². The van der Waals surface area contributed by atoms with Gasteiger partial charge in [0.2, 0.25) is 0 Å². The lowest BCUT2D eigenvalue weighted by molar-refractivity contribution is 0.107. The molecule has 0 aromatic rings. The van der Waals surface area contributed by atoms with Gasteiger partial charge in [-0.15, -0.1) is 0 Å². The summed E-state index contributed by atoms with van der Waals surface area (Å²) in [6, 6.07) is 0.824. The Morgan fingerprint density at radius 1 is 1.06 bits per heavy atom. The van der Waals surface area contributed by atoms with E-state index in [1.165, 1.54) is 51.5 Å². The molecule has 0 heterocycles. The molecule has 0 unspecified atom stereocenters. The maximum Gasteiger partial charge on any atom is 0.00926 e. The highest BCUT2D eigenvalue weighted by molar-refractivity contribution is 7.80. The predicted octanol–water partition coefficient (Wildman–Crippen LogP) is 4.62. The van der Waals surface area contributed by atoms with Gasteiger partial charge < -0.3 is 4.90 Å². The van der Waals surface area contributed by atoms with Gasteiger partial charge in [0.15, 0.2) is 0 Å². The fourth-order valence-electron chi connectivity index (χ4n) is 3.40. The third-order valence-corrected chi connectivity index (χ3v) is 6.11. The molecule has 0 atom stereocenters. The fourth-order valence-corrected chi connectivity index (χ4v) is 3.95. The van der Waals surface area contributed by atoms with E-state index in [2.05, 4.69) is 45.3 Å². The number of hydrogen-bond acceptors (Lipinski definition) is 2. The first kappa shape index (κ1) is 16.4. The van der Waals surface area contributed by atoms with Gasteiger partial charge in [-0.25, -0.2) is 0 Å². The van der Waals surface area contributed by atoms with Gasteiger partial charge in [0.05, 0.1) is 0 Å². The van der Waals surface area contributed by atoms with Crippen LogP contribution >= 0.6 is 12.6 Å². The van der Waals surface area contributed by atoms with E-state index in [9.17, 15) is 0 Å². The second-order valence-corrected chi connectivity index (χ2v) is 6.68. The average Bonchev–Trinajstić information content (AvgIpc) is 2.45. The lowest BCUT2D eigenvalue weighted by Crippen LogP contribution is -2.43. The molecule has 18 heavy (non-hydrogen) atoms. The molecular formula is C16H33NS. The van der Waals surface area contributed by atoms with E-state index in [0.29, 0.717) is 5.41 Å². The Kier molecular flexibility index (Phi) is 7.08. The van der Waals surface area contributed by atoms with E-state index in [-0.39, 0.29) is 0 Å². The van der Waals surface area contributed by atoms with Gasteiger partial charge in [0.25, 0.3) is 0 Å². The number of nitrogens with zero attached hydrogens (tertiary/aromatic N) is 1. The molecule has 2 heteroatoms. The van der Waals surface area contributed by atoms with E-state index in [4.69, 9.17) is 0 Å². The van der Waals surface area contributed by atoms with Crippen molar-refractivity contribution in [3.63, 3.8) is 0 Å². The zero-order chi connectivity index (χ0) is 13.6. The Balaban J connectivity index is 2.47. The molecule has 0 N–H and O–H groups in total. The van der Waals surface area contributed by atoms with Crippen LogP contribution in [0.4, 0.5) is 0 Å². The summed E-state index contributed by atoms with van der Waals surface area (Å²) in [5, 5.41) is 0. The Morgan fingerprint density at radius 2 is 1.61 bits per heavy atom. The largest absolute Gasteiger partial charge is 0.303 e. The molecule has 0 saturated heterocycles. The zero-order valence-corrected chi connectivity index (χ0v) is 13.8. The van der Waals surface area contributed by atoms with Crippen molar-refractivity contribution in [2.45, 2.75) is 71.8 Å². The third kappa shape index (κ3) is 4.16. The minimum atomic E-state index is 0.430. The van der Waals surface area contributed by atoms with E-state index < -0.39 is 0 Å². The van der Waals surface area contributed by atoms with Crippen molar-refractivity contribution in [3.8, 4) is 0 Å². The van der Waals surface area contributed by atoms with Crippen molar-refractivity contribution < 1.29 is 0 Å². The summed E-state index contributed by atoms with van der Waals surface area (Å²) < 4.78 is 0. The highest BCUT2D eigenvalue weighted by atomic mass is 32.1. The molecule has 1 aliphatic carbocycles. The van der Waals surface area contributed by atoms with E-state index in [1.807, 2.05) is 0 Å². The molecule has 0 radical (unpaired) electrons. The number of hydrogen-bond donors (Lipinski definition) is 1. The second-order valence-electron chi connectivity index (χ2n) is 6.36. The summed E-state index contributed by atoms with van der Waals surface area (Å²) in [7, 11) is 2.33. The van der Waals surface area contributed by atoms with Gasteiger partial charge in [-0.05, 0) is 62.7 Å². The minimum Gasteiger partial charge on any atom is -0.303 e. The van der Waals surface area contributed by atoms with E-state index in [1.54, 1.807) is 0 Å². The Hall–Kier alpha value is 0.310. The standard InChI is InChI=1S/C16H33NS/c1-5-14-8-10-15(11-9-14)17(4)12-16(6-2,7-3)13-18/h14-15,18H,5-13H2,1-4H3. The fraction of sp³-hybridized carbons (Fsp3) is 1.00. The maximum atomic E-state index is 4.60. The number of thiol groups is 1. The van der Waals surface area contributed by atoms with Gasteiger partial charge in [-0.1, -0.05) is 27.2 Å². The predicted molar refractivity (Wildman–Crippen MR) is 85.5 cm³/mol. The normalized spacial score (nSPS) is 25.7. The van der Waals surface area contributed by atoms with Crippen LogP contribution in [-0.2, 0) is 0 Å². The van der Waals surface area contributed by atoms with Crippen molar-refractivity contribution in [1.82, 2.24) is 4.90 Å². The first-order valence-corrected chi connectivity index (χ1v) is 8.55. The van der Waals surface area contributed by atoms with Crippen molar-refractivity contribution >= 4 is 12.6 Å². The highest BCUT2D eigenvalue weighted by Gasteiger charge is 2.30. The first-order chi connectivity index (χ1) is 8.60.